The van der Waals surface area contributed by atoms with Crippen molar-refractivity contribution >= 4 is 27.5 Å². The average molecular weight is 417 g/mol. The predicted octanol–water partition coefficient (Wildman–Crippen LogP) is 4.11. The summed E-state index contributed by atoms with van der Waals surface area (Å²) in [6, 6.07) is 10.1. The number of nitrogens with one attached hydrogen (secondary N) is 2. The Hall–Kier alpha value is -3.20. The first-order valence-corrected chi connectivity index (χ1v) is 10.3. The van der Waals surface area contributed by atoms with Crippen LogP contribution in [0.15, 0.2) is 51.9 Å². The van der Waals surface area contributed by atoms with Gasteiger partial charge in [-0.05, 0) is 48.7 Å². The van der Waals surface area contributed by atoms with Crippen molar-refractivity contribution in [3.8, 4) is 11.1 Å². The van der Waals surface area contributed by atoms with E-state index in [-0.39, 0.29) is 22.4 Å². The molecular weight excluding hydrogens is 397 g/mol. The van der Waals surface area contributed by atoms with Crippen molar-refractivity contribution in [2.24, 2.45) is 0 Å². The molecule has 9 heteroatoms. The molecule has 0 atom stereocenters. The number of nitrogens with zero attached hydrogens (tertiary/aromatic N) is 1. The normalized spacial score (nSPS) is 11.3. The van der Waals surface area contributed by atoms with Crippen molar-refractivity contribution in [1.82, 2.24) is 5.16 Å². The fourth-order valence-electron chi connectivity index (χ4n) is 2.91. The molecule has 1 amide bonds. The van der Waals surface area contributed by atoms with Crippen molar-refractivity contribution in [2.45, 2.75) is 32.1 Å². The molecule has 0 saturated carbocycles. The predicted molar refractivity (Wildman–Crippen MR) is 108 cm³/mol. The molecule has 3 aromatic rings. The Morgan fingerprint density at radius 2 is 1.97 bits per heavy atom. The maximum atomic E-state index is 13.4. The molecule has 152 valence electrons. The van der Waals surface area contributed by atoms with E-state index in [4.69, 9.17) is 4.52 Å². The Balaban J connectivity index is 2.07. The Kier molecular flexibility index (Phi) is 5.69. The smallest absolute Gasteiger partial charge is 0.262 e. The lowest BCUT2D eigenvalue weighted by Crippen LogP contribution is -2.14. The number of amides is 1. The summed E-state index contributed by atoms with van der Waals surface area (Å²) in [5, 5.41) is 6.53. The van der Waals surface area contributed by atoms with Crippen LogP contribution in [0.2, 0.25) is 0 Å². The summed E-state index contributed by atoms with van der Waals surface area (Å²) < 4.78 is 46.9. The van der Waals surface area contributed by atoms with Crippen LogP contribution >= 0.6 is 0 Å². The number of hydrogen-bond acceptors (Lipinski definition) is 5. The van der Waals surface area contributed by atoms with Crippen molar-refractivity contribution in [3.63, 3.8) is 0 Å². The lowest BCUT2D eigenvalue weighted by molar-refractivity contribution is -0.114. The molecule has 3 rings (SSSR count). The number of aryl methyl sites for hydroxylation is 2. The quantitative estimate of drug-likeness (QED) is 0.628. The zero-order chi connectivity index (χ0) is 21.2. The monoisotopic (exact) mass is 417 g/mol. The van der Waals surface area contributed by atoms with Crippen LogP contribution in [0.1, 0.15) is 25.1 Å². The first-order valence-electron chi connectivity index (χ1n) is 8.87. The molecule has 7 nitrogen and oxygen atoms in total. The van der Waals surface area contributed by atoms with Crippen molar-refractivity contribution < 1.29 is 22.1 Å². The molecule has 2 N–H and O–H groups in total. The molecule has 29 heavy (non-hydrogen) atoms. The van der Waals surface area contributed by atoms with Crippen LogP contribution in [0.3, 0.4) is 0 Å². The number of sulfonamides is 1. The van der Waals surface area contributed by atoms with Gasteiger partial charge in [0.2, 0.25) is 11.8 Å². The number of benzene rings is 2. The standard InChI is InChI=1S/C20H20FN3O4S/c1-4-17-19(20(28-23-17)22-13(3)25)14-9-8-12(2)18(10-14)29(26,27)24-16-7-5-6-15(21)11-16/h5-11,24H,4H2,1-3H3,(H,22,25). The van der Waals surface area contributed by atoms with Crippen LogP contribution in [-0.2, 0) is 21.2 Å². The molecule has 0 fully saturated rings. The van der Waals surface area contributed by atoms with Crippen LogP contribution in [0, 0.1) is 12.7 Å². The minimum Gasteiger partial charge on any atom is -0.337 e. The number of rotatable bonds is 6. The van der Waals surface area contributed by atoms with Crippen molar-refractivity contribution in [2.75, 3.05) is 10.0 Å². The van der Waals surface area contributed by atoms with Gasteiger partial charge in [0.25, 0.3) is 10.0 Å². The van der Waals surface area contributed by atoms with Crippen LogP contribution in [0.5, 0.6) is 0 Å². The number of hydrogen-bond donors (Lipinski definition) is 2. The van der Waals surface area contributed by atoms with Gasteiger partial charge in [-0.3, -0.25) is 14.8 Å². The molecular formula is C20H20FN3O4S. The Morgan fingerprint density at radius 3 is 2.62 bits per heavy atom. The van der Waals surface area contributed by atoms with E-state index in [2.05, 4.69) is 15.2 Å². The van der Waals surface area contributed by atoms with Crippen LogP contribution in [0.25, 0.3) is 11.1 Å². The highest BCUT2D eigenvalue weighted by molar-refractivity contribution is 7.92. The topological polar surface area (TPSA) is 101 Å². The van der Waals surface area contributed by atoms with E-state index in [1.54, 1.807) is 19.1 Å². The summed E-state index contributed by atoms with van der Waals surface area (Å²) in [6.07, 6.45) is 0.524. The largest absolute Gasteiger partial charge is 0.337 e. The summed E-state index contributed by atoms with van der Waals surface area (Å²) in [5.41, 5.74) is 2.25. The third-order valence-electron chi connectivity index (χ3n) is 4.23. The molecule has 0 bridgehead atoms. The third-order valence-corrected chi connectivity index (χ3v) is 5.75. The van der Waals surface area contributed by atoms with Gasteiger partial charge in [-0.1, -0.05) is 30.3 Å². The SMILES string of the molecule is CCc1noc(NC(C)=O)c1-c1ccc(C)c(S(=O)(=O)Nc2cccc(F)c2)c1. The van der Waals surface area contributed by atoms with Gasteiger partial charge < -0.3 is 4.52 Å². The van der Waals surface area contributed by atoms with Gasteiger partial charge in [-0.25, -0.2) is 12.8 Å². The summed E-state index contributed by atoms with van der Waals surface area (Å²) in [7, 11) is -3.98. The van der Waals surface area contributed by atoms with Gasteiger partial charge in [-0.15, -0.1) is 0 Å². The van der Waals surface area contributed by atoms with Gasteiger partial charge in [0, 0.05) is 6.92 Å². The van der Waals surface area contributed by atoms with E-state index in [0.717, 1.165) is 6.07 Å². The van der Waals surface area contributed by atoms with Gasteiger partial charge in [0.15, 0.2) is 0 Å². The minimum absolute atomic E-state index is 0.0243. The molecule has 0 aliphatic carbocycles. The maximum Gasteiger partial charge on any atom is 0.262 e. The highest BCUT2D eigenvalue weighted by atomic mass is 32.2. The number of carbonyl (C=O) groups is 1. The molecule has 0 unspecified atom stereocenters. The van der Waals surface area contributed by atoms with Crippen molar-refractivity contribution in [3.05, 3.63) is 59.5 Å². The summed E-state index contributed by atoms with van der Waals surface area (Å²) in [6.45, 7) is 4.87. The number of carbonyl (C=O) groups excluding carboxylic acids is 1. The minimum atomic E-state index is -3.98. The Bertz CT molecular complexity index is 1170. The van der Waals surface area contributed by atoms with E-state index >= 15 is 0 Å². The lowest BCUT2D eigenvalue weighted by Gasteiger charge is -2.12. The highest BCUT2D eigenvalue weighted by Crippen LogP contribution is 2.34. The lowest BCUT2D eigenvalue weighted by atomic mass is 10.0. The van der Waals surface area contributed by atoms with Crippen molar-refractivity contribution in [1.29, 1.82) is 0 Å². The van der Waals surface area contributed by atoms with E-state index in [1.807, 2.05) is 6.92 Å². The first-order chi connectivity index (χ1) is 13.7. The molecule has 0 aliphatic heterocycles. The summed E-state index contributed by atoms with van der Waals surface area (Å²) in [5.74, 6) is -0.731. The molecule has 0 spiro atoms. The van der Waals surface area contributed by atoms with Crippen LogP contribution < -0.4 is 10.0 Å². The van der Waals surface area contributed by atoms with E-state index in [1.165, 1.54) is 31.2 Å². The van der Waals surface area contributed by atoms with E-state index in [9.17, 15) is 17.6 Å². The second-order valence-corrected chi connectivity index (χ2v) is 8.12. The zero-order valence-corrected chi connectivity index (χ0v) is 16.9. The first kappa shape index (κ1) is 20.5. The fourth-order valence-corrected chi connectivity index (χ4v) is 4.24. The van der Waals surface area contributed by atoms with E-state index in [0.29, 0.717) is 28.8 Å². The van der Waals surface area contributed by atoms with Crippen LogP contribution in [-0.4, -0.2) is 19.5 Å². The Morgan fingerprint density at radius 1 is 1.21 bits per heavy atom. The summed E-state index contributed by atoms with van der Waals surface area (Å²) in [4.78, 5) is 11.5. The van der Waals surface area contributed by atoms with Gasteiger partial charge in [0.1, 0.15) is 5.82 Å². The third kappa shape index (κ3) is 4.45. The van der Waals surface area contributed by atoms with Gasteiger partial charge in [-0.2, -0.15) is 0 Å². The Labute approximate surface area is 168 Å². The number of halogens is 1. The molecule has 2 aromatic carbocycles. The fraction of sp³-hybridized carbons (Fsp3) is 0.200. The van der Waals surface area contributed by atoms with Gasteiger partial charge in [0.05, 0.1) is 21.8 Å². The molecule has 0 radical (unpaired) electrons. The number of aromatic nitrogens is 1. The van der Waals surface area contributed by atoms with E-state index < -0.39 is 15.8 Å². The second kappa shape index (κ2) is 8.04. The highest BCUT2D eigenvalue weighted by Gasteiger charge is 2.22. The second-order valence-electron chi connectivity index (χ2n) is 6.46. The molecule has 0 aliphatic rings. The molecule has 1 heterocycles. The van der Waals surface area contributed by atoms with Crippen LogP contribution in [0.4, 0.5) is 16.0 Å². The average Bonchev–Trinajstić information content (AvgIpc) is 3.03. The summed E-state index contributed by atoms with van der Waals surface area (Å²) >= 11 is 0. The maximum absolute atomic E-state index is 13.4. The van der Waals surface area contributed by atoms with Gasteiger partial charge >= 0.3 is 0 Å². The molecule has 0 saturated heterocycles. The zero-order valence-electron chi connectivity index (χ0n) is 16.1. The molecule has 1 aromatic heterocycles. The number of anilines is 2.